The fourth-order valence-corrected chi connectivity index (χ4v) is 4.29. The van der Waals surface area contributed by atoms with E-state index < -0.39 is 0 Å². The van der Waals surface area contributed by atoms with Crippen LogP contribution in [0.25, 0.3) is 0 Å². The molecule has 1 aromatic carbocycles. The molecule has 0 saturated heterocycles. The Kier molecular flexibility index (Phi) is 5.33. The maximum Gasteiger partial charge on any atom is 0.0568 e. The predicted octanol–water partition coefficient (Wildman–Crippen LogP) is 5.83. The van der Waals surface area contributed by atoms with E-state index in [1.54, 1.807) is 16.7 Å². The Labute approximate surface area is 136 Å². The van der Waals surface area contributed by atoms with Crippen LogP contribution in [0.3, 0.4) is 0 Å². The van der Waals surface area contributed by atoms with Crippen LogP contribution in [0, 0.1) is 0 Å². The summed E-state index contributed by atoms with van der Waals surface area (Å²) in [5.41, 5.74) is 6.20. The SMILES string of the molecule is CCCCCCc1cc2c(cc1CC)C=NC1CCCCC21. The maximum atomic E-state index is 4.86. The van der Waals surface area contributed by atoms with E-state index in [2.05, 4.69) is 32.2 Å². The normalized spacial score (nSPS) is 23.2. The molecule has 1 heterocycles. The Morgan fingerprint density at radius 3 is 2.68 bits per heavy atom. The first-order valence-corrected chi connectivity index (χ1v) is 9.52. The van der Waals surface area contributed by atoms with E-state index in [4.69, 9.17) is 4.99 Å². The van der Waals surface area contributed by atoms with Crippen LogP contribution in [0.5, 0.6) is 0 Å². The molecular formula is C21H31N. The smallest absolute Gasteiger partial charge is 0.0568 e. The maximum absolute atomic E-state index is 4.86. The van der Waals surface area contributed by atoms with Crippen molar-refractivity contribution in [2.24, 2.45) is 4.99 Å². The topological polar surface area (TPSA) is 12.4 Å². The fraction of sp³-hybridized carbons (Fsp3) is 0.667. The van der Waals surface area contributed by atoms with Crippen LogP contribution in [0.1, 0.15) is 93.4 Å². The Morgan fingerprint density at radius 2 is 1.86 bits per heavy atom. The molecule has 22 heavy (non-hydrogen) atoms. The monoisotopic (exact) mass is 297 g/mol. The highest BCUT2D eigenvalue weighted by Gasteiger charge is 2.30. The van der Waals surface area contributed by atoms with Gasteiger partial charge in [0, 0.05) is 12.1 Å². The molecule has 2 unspecified atom stereocenters. The average molecular weight is 297 g/mol. The molecule has 2 aliphatic rings. The van der Waals surface area contributed by atoms with Gasteiger partial charge in [-0.3, -0.25) is 4.99 Å². The van der Waals surface area contributed by atoms with Crippen LogP contribution in [-0.4, -0.2) is 12.3 Å². The number of rotatable bonds is 6. The van der Waals surface area contributed by atoms with Crippen LogP contribution < -0.4 is 0 Å². The lowest BCUT2D eigenvalue weighted by molar-refractivity contribution is 0.384. The number of aryl methyl sites for hydroxylation is 2. The van der Waals surface area contributed by atoms with Gasteiger partial charge in [-0.1, -0.05) is 52.0 Å². The zero-order valence-electron chi connectivity index (χ0n) is 14.4. The van der Waals surface area contributed by atoms with Gasteiger partial charge in [0.1, 0.15) is 0 Å². The van der Waals surface area contributed by atoms with Crippen molar-refractivity contribution in [3.05, 3.63) is 34.4 Å². The highest BCUT2D eigenvalue weighted by molar-refractivity contribution is 5.84. The Balaban J connectivity index is 1.83. The highest BCUT2D eigenvalue weighted by Crippen LogP contribution is 2.39. The van der Waals surface area contributed by atoms with E-state index >= 15 is 0 Å². The molecule has 0 amide bonds. The molecule has 0 radical (unpaired) electrons. The molecule has 1 aliphatic carbocycles. The van der Waals surface area contributed by atoms with Crippen molar-refractivity contribution in [2.45, 2.75) is 90.0 Å². The molecular weight excluding hydrogens is 266 g/mol. The Hall–Kier alpha value is -1.11. The quantitative estimate of drug-likeness (QED) is 0.586. The second-order valence-electron chi connectivity index (χ2n) is 7.15. The predicted molar refractivity (Wildman–Crippen MR) is 96.3 cm³/mol. The number of hydrogen-bond acceptors (Lipinski definition) is 1. The van der Waals surface area contributed by atoms with Gasteiger partial charge in [-0.25, -0.2) is 0 Å². The standard InChI is InChI=1S/C21H31N/c1-3-5-6-7-10-17-14-20-18(13-16(17)4-2)15-22-21-12-9-8-11-19(20)21/h13-15,19,21H,3-12H2,1-2H3. The average Bonchev–Trinajstić information content (AvgIpc) is 2.58. The van der Waals surface area contributed by atoms with E-state index in [1.165, 1.54) is 63.4 Å². The number of fused-ring (bicyclic) bond motifs is 3. The molecule has 0 bridgehead atoms. The first kappa shape index (κ1) is 15.8. The van der Waals surface area contributed by atoms with Gasteiger partial charge >= 0.3 is 0 Å². The van der Waals surface area contributed by atoms with Gasteiger partial charge in [-0.05, 0) is 60.4 Å². The first-order valence-electron chi connectivity index (χ1n) is 9.52. The molecule has 1 aromatic rings. The van der Waals surface area contributed by atoms with E-state index in [1.807, 2.05) is 0 Å². The van der Waals surface area contributed by atoms with E-state index in [0.717, 1.165) is 6.42 Å². The van der Waals surface area contributed by atoms with E-state index in [0.29, 0.717) is 12.0 Å². The van der Waals surface area contributed by atoms with Crippen LogP contribution >= 0.6 is 0 Å². The minimum absolute atomic E-state index is 0.571. The summed E-state index contributed by atoms with van der Waals surface area (Å²) < 4.78 is 0. The van der Waals surface area contributed by atoms with Crippen molar-refractivity contribution in [1.29, 1.82) is 0 Å². The van der Waals surface area contributed by atoms with Crippen LogP contribution in [0.15, 0.2) is 17.1 Å². The van der Waals surface area contributed by atoms with Crippen molar-refractivity contribution < 1.29 is 0 Å². The largest absolute Gasteiger partial charge is 0.289 e. The fourth-order valence-electron chi connectivity index (χ4n) is 4.29. The van der Waals surface area contributed by atoms with Crippen LogP contribution in [0.4, 0.5) is 0 Å². The summed E-state index contributed by atoms with van der Waals surface area (Å²) in [4.78, 5) is 4.86. The van der Waals surface area contributed by atoms with Gasteiger partial charge in [0.15, 0.2) is 0 Å². The van der Waals surface area contributed by atoms with Gasteiger partial charge in [0.2, 0.25) is 0 Å². The Morgan fingerprint density at radius 1 is 1.00 bits per heavy atom. The van der Waals surface area contributed by atoms with Gasteiger partial charge in [-0.15, -0.1) is 0 Å². The zero-order valence-corrected chi connectivity index (χ0v) is 14.4. The zero-order chi connectivity index (χ0) is 15.4. The molecule has 1 fully saturated rings. The lowest BCUT2D eigenvalue weighted by Gasteiger charge is -2.33. The van der Waals surface area contributed by atoms with Gasteiger partial charge in [0.05, 0.1) is 6.04 Å². The summed E-state index contributed by atoms with van der Waals surface area (Å²) in [6, 6.07) is 5.58. The second kappa shape index (κ2) is 7.44. The molecule has 0 N–H and O–H groups in total. The summed E-state index contributed by atoms with van der Waals surface area (Å²) in [5.74, 6) is 0.703. The summed E-state index contributed by atoms with van der Waals surface area (Å²) >= 11 is 0. The van der Waals surface area contributed by atoms with Crippen molar-refractivity contribution >= 4 is 6.21 Å². The number of unbranched alkanes of at least 4 members (excludes halogenated alkanes) is 3. The molecule has 0 aromatic heterocycles. The summed E-state index contributed by atoms with van der Waals surface area (Å²) in [7, 11) is 0. The minimum atomic E-state index is 0.571. The first-order chi connectivity index (χ1) is 10.8. The van der Waals surface area contributed by atoms with E-state index in [9.17, 15) is 0 Å². The molecule has 1 heteroatoms. The molecule has 3 rings (SSSR count). The van der Waals surface area contributed by atoms with Crippen molar-refractivity contribution in [3.63, 3.8) is 0 Å². The second-order valence-corrected chi connectivity index (χ2v) is 7.15. The van der Waals surface area contributed by atoms with E-state index in [-0.39, 0.29) is 0 Å². The third-order valence-corrected chi connectivity index (χ3v) is 5.62. The van der Waals surface area contributed by atoms with Gasteiger partial charge < -0.3 is 0 Å². The molecule has 1 aliphatic heterocycles. The third kappa shape index (κ3) is 3.29. The van der Waals surface area contributed by atoms with Crippen molar-refractivity contribution in [3.8, 4) is 0 Å². The summed E-state index contributed by atoms with van der Waals surface area (Å²) in [6.07, 6.45) is 15.4. The number of nitrogens with zero attached hydrogens (tertiary/aromatic N) is 1. The lowest BCUT2D eigenvalue weighted by atomic mass is 9.76. The van der Waals surface area contributed by atoms with Gasteiger partial charge in [0.25, 0.3) is 0 Å². The minimum Gasteiger partial charge on any atom is -0.289 e. The summed E-state index contributed by atoms with van der Waals surface area (Å²) in [6.45, 7) is 4.58. The van der Waals surface area contributed by atoms with Gasteiger partial charge in [-0.2, -0.15) is 0 Å². The summed E-state index contributed by atoms with van der Waals surface area (Å²) in [5, 5.41) is 0. The molecule has 120 valence electrons. The molecule has 1 saturated carbocycles. The Bertz CT molecular complexity index is 529. The highest BCUT2D eigenvalue weighted by atomic mass is 14.8. The molecule has 0 spiro atoms. The number of hydrogen-bond donors (Lipinski definition) is 0. The van der Waals surface area contributed by atoms with Crippen LogP contribution in [0.2, 0.25) is 0 Å². The van der Waals surface area contributed by atoms with Crippen LogP contribution in [-0.2, 0) is 12.8 Å². The number of benzene rings is 1. The molecule has 1 nitrogen and oxygen atoms in total. The molecule has 2 atom stereocenters. The third-order valence-electron chi connectivity index (χ3n) is 5.62. The lowest BCUT2D eigenvalue weighted by Crippen LogP contribution is -2.26. The van der Waals surface area contributed by atoms with Crippen molar-refractivity contribution in [1.82, 2.24) is 0 Å². The number of aliphatic imine (C=N–C) groups is 1. The van der Waals surface area contributed by atoms with Crippen molar-refractivity contribution in [2.75, 3.05) is 0 Å².